The number of amides is 1. The molecular weight excluding hydrogens is 316 g/mol. The largest absolute Gasteiger partial charge is 0.462 e. The van der Waals surface area contributed by atoms with E-state index in [0.29, 0.717) is 35.2 Å². The lowest BCUT2D eigenvalue weighted by Gasteiger charge is -2.19. The number of aryl methyl sites for hydroxylation is 1. The molecule has 1 heterocycles. The van der Waals surface area contributed by atoms with Gasteiger partial charge in [0.2, 0.25) is 0 Å². The van der Waals surface area contributed by atoms with Crippen molar-refractivity contribution in [2.45, 2.75) is 46.6 Å². The number of rotatable bonds is 4. The third-order valence-corrected chi connectivity index (χ3v) is 3.42. The lowest BCUT2D eigenvalue weighted by molar-refractivity contribution is 0.0519. The summed E-state index contributed by atoms with van der Waals surface area (Å²) >= 11 is 1.21. The van der Waals surface area contributed by atoms with Gasteiger partial charge < -0.3 is 14.8 Å². The summed E-state index contributed by atoms with van der Waals surface area (Å²) in [5.74, 6) is 5.42. The third kappa shape index (κ3) is 7.15. The molecule has 0 aromatic carbocycles. The molecule has 0 unspecified atom stereocenters. The molecule has 0 fully saturated rings. The van der Waals surface area contributed by atoms with E-state index < -0.39 is 11.7 Å². The normalized spacial score (nSPS) is 10.5. The van der Waals surface area contributed by atoms with Gasteiger partial charge in [0.1, 0.15) is 10.5 Å². The highest BCUT2D eigenvalue weighted by atomic mass is 32.1. The molecule has 0 aliphatic heterocycles. The van der Waals surface area contributed by atoms with Gasteiger partial charge in [0.25, 0.3) is 0 Å². The summed E-state index contributed by atoms with van der Waals surface area (Å²) in [7, 11) is 0. The monoisotopic (exact) mass is 338 g/mol. The molecule has 7 heteroatoms. The second kappa shape index (κ2) is 8.53. The summed E-state index contributed by atoms with van der Waals surface area (Å²) < 4.78 is 10.1. The topological polar surface area (TPSA) is 77.5 Å². The van der Waals surface area contributed by atoms with Crippen LogP contribution in [-0.2, 0) is 9.47 Å². The van der Waals surface area contributed by atoms with Gasteiger partial charge in [0.05, 0.1) is 12.3 Å². The van der Waals surface area contributed by atoms with Crippen molar-refractivity contribution in [1.29, 1.82) is 0 Å². The van der Waals surface area contributed by atoms with Crippen molar-refractivity contribution in [3.8, 4) is 11.8 Å². The van der Waals surface area contributed by atoms with Crippen molar-refractivity contribution < 1.29 is 19.1 Å². The van der Waals surface area contributed by atoms with E-state index in [9.17, 15) is 9.59 Å². The zero-order valence-electron chi connectivity index (χ0n) is 14.1. The molecule has 126 valence electrons. The number of carbonyl (C=O) groups excluding carboxylic acids is 2. The van der Waals surface area contributed by atoms with Crippen LogP contribution in [0.15, 0.2) is 0 Å². The first kappa shape index (κ1) is 19.0. The van der Waals surface area contributed by atoms with Crippen molar-refractivity contribution >= 4 is 23.4 Å². The first-order chi connectivity index (χ1) is 10.7. The van der Waals surface area contributed by atoms with Gasteiger partial charge >= 0.3 is 12.1 Å². The Morgan fingerprint density at radius 1 is 1.35 bits per heavy atom. The molecule has 1 aromatic rings. The minimum Gasteiger partial charge on any atom is -0.462 e. The fourth-order valence-electron chi connectivity index (χ4n) is 1.52. The van der Waals surface area contributed by atoms with Crippen LogP contribution in [0.5, 0.6) is 0 Å². The molecule has 1 aromatic heterocycles. The molecule has 23 heavy (non-hydrogen) atoms. The minimum absolute atomic E-state index is 0.327. The van der Waals surface area contributed by atoms with Gasteiger partial charge in [-0.25, -0.2) is 14.6 Å². The smallest absolute Gasteiger partial charge is 0.407 e. The fraction of sp³-hybridized carbons (Fsp3) is 0.562. The predicted octanol–water partition coefficient (Wildman–Crippen LogP) is 2.89. The Kier molecular flexibility index (Phi) is 7.04. The maximum atomic E-state index is 11.7. The molecule has 1 N–H and O–H groups in total. The van der Waals surface area contributed by atoms with Crippen LogP contribution in [0.1, 0.15) is 54.5 Å². The Morgan fingerprint density at radius 3 is 2.65 bits per heavy atom. The van der Waals surface area contributed by atoms with Gasteiger partial charge in [-0.15, -0.1) is 0 Å². The van der Waals surface area contributed by atoms with E-state index in [1.165, 1.54) is 11.3 Å². The number of aromatic nitrogens is 1. The summed E-state index contributed by atoms with van der Waals surface area (Å²) in [5.41, 5.74) is 0.0992. The van der Waals surface area contributed by atoms with Gasteiger partial charge in [-0.1, -0.05) is 17.3 Å². The standard InChI is InChI=1S/C16H22N2O4S/c1-6-21-14(19)13-11(2)18-12(23-13)9-7-8-10-17-15(20)22-16(3,4)5/h6,8,10H2,1-5H3,(H,17,20). The number of carbonyl (C=O) groups is 2. The van der Waals surface area contributed by atoms with Crippen LogP contribution >= 0.6 is 11.3 Å². The summed E-state index contributed by atoms with van der Waals surface area (Å²) in [4.78, 5) is 27.8. The van der Waals surface area contributed by atoms with Crippen LogP contribution in [0.25, 0.3) is 0 Å². The minimum atomic E-state index is -0.516. The Hall–Kier alpha value is -2.07. The van der Waals surface area contributed by atoms with Gasteiger partial charge in [0, 0.05) is 13.0 Å². The Balaban J connectivity index is 2.47. The summed E-state index contributed by atoms with van der Waals surface area (Å²) in [6.07, 6.45) is 0.000993. The second-order valence-corrected chi connectivity index (χ2v) is 6.63. The number of esters is 1. The average Bonchev–Trinajstić information content (AvgIpc) is 2.78. The Morgan fingerprint density at radius 2 is 2.04 bits per heavy atom. The molecule has 0 saturated heterocycles. The molecule has 1 rings (SSSR count). The predicted molar refractivity (Wildman–Crippen MR) is 88.5 cm³/mol. The zero-order chi connectivity index (χ0) is 17.5. The molecule has 1 amide bonds. The molecule has 0 atom stereocenters. The van der Waals surface area contributed by atoms with Gasteiger partial charge in [-0.05, 0) is 40.5 Å². The maximum absolute atomic E-state index is 11.7. The van der Waals surface area contributed by atoms with E-state index in [0.717, 1.165) is 0 Å². The van der Waals surface area contributed by atoms with Gasteiger partial charge in [-0.3, -0.25) is 0 Å². The lowest BCUT2D eigenvalue weighted by atomic mass is 10.2. The third-order valence-electron chi connectivity index (χ3n) is 2.37. The number of nitrogens with one attached hydrogen (secondary N) is 1. The number of ether oxygens (including phenoxy) is 2. The van der Waals surface area contributed by atoms with Crippen molar-refractivity contribution in [2.24, 2.45) is 0 Å². The first-order valence-electron chi connectivity index (χ1n) is 7.33. The maximum Gasteiger partial charge on any atom is 0.407 e. The Bertz CT molecular complexity index is 620. The van der Waals surface area contributed by atoms with Crippen molar-refractivity contribution in [2.75, 3.05) is 13.2 Å². The van der Waals surface area contributed by atoms with E-state index in [-0.39, 0.29) is 5.97 Å². The summed E-state index contributed by atoms with van der Waals surface area (Å²) in [6.45, 7) is 9.63. The van der Waals surface area contributed by atoms with Gasteiger partial charge in [0.15, 0.2) is 5.01 Å². The lowest BCUT2D eigenvalue weighted by Crippen LogP contribution is -2.32. The molecule has 0 radical (unpaired) electrons. The van der Waals surface area contributed by atoms with Crippen LogP contribution in [0, 0.1) is 18.8 Å². The van der Waals surface area contributed by atoms with Gasteiger partial charge in [-0.2, -0.15) is 0 Å². The van der Waals surface area contributed by atoms with Crippen LogP contribution in [0.3, 0.4) is 0 Å². The van der Waals surface area contributed by atoms with E-state index in [1.807, 2.05) is 0 Å². The SMILES string of the molecule is CCOC(=O)c1sc(C#CCCNC(=O)OC(C)(C)C)nc1C. The van der Waals surface area contributed by atoms with Crippen molar-refractivity contribution in [3.05, 3.63) is 15.6 Å². The Labute approximate surface area is 140 Å². The second-order valence-electron chi connectivity index (χ2n) is 5.63. The van der Waals surface area contributed by atoms with Crippen LogP contribution in [0.2, 0.25) is 0 Å². The molecular formula is C16H22N2O4S. The number of alkyl carbamates (subject to hydrolysis) is 1. The average molecular weight is 338 g/mol. The number of thiazole rings is 1. The van der Waals surface area contributed by atoms with E-state index >= 15 is 0 Å². The first-order valence-corrected chi connectivity index (χ1v) is 8.15. The van der Waals surface area contributed by atoms with Crippen LogP contribution < -0.4 is 5.32 Å². The van der Waals surface area contributed by atoms with Crippen molar-refractivity contribution in [1.82, 2.24) is 10.3 Å². The molecule has 0 saturated carbocycles. The zero-order valence-corrected chi connectivity index (χ0v) is 14.9. The van der Waals surface area contributed by atoms with E-state index in [1.54, 1.807) is 34.6 Å². The highest BCUT2D eigenvalue weighted by molar-refractivity contribution is 7.14. The molecule has 6 nitrogen and oxygen atoms in total. The fourth-order valence-corrected chi connectivity index (χ4v) is 2.35. The number of hydrogen-bond donors (Lipinski definition) is 1. The van der Waals surface area contributed by atoms with Crippen LogP contribution in [0.4, 0.5) is 4.79 Å². The highest BCUT2D eigenvalue weighted by Crippen LogP contribution is 2.18. The summed E-state index contributed by atoms with van der Waals surface area (Å²) in [6, 6.07) is 0. The quantitative estimate of drug-likeness (QED) is 0.519. The summed E-state index contributed by atoms with van der Waals surface area (Å²) in [5, 5.41) is 3.18. The van der Waals surface area contributed by atoms with Crippen LogP contribution in [-0.4, -0.2) is 35.8 Å². The molecule has 0 bridgehead atoms. The number of nitrogens with zero attached hydrogens (tertiary/aromatic N) is 1. The van der Waals surface area contributed by atoms with E-state index in [2.05, 4.69) is 22.1 Å². The van der Waals surface area contributed by atoms with E-state index in [4.69, 9.17) is 9.47 Å². The highest BCUT2D eigenvalue weighted by Gasteiger charge is 2.16. The molecule has 0 aliphatic carbocycles. The molecule has 0 spiro atoms. The van der Waals surface area contributed by atoms with Crippen molar-refractivity contribution in [3.63, 3.8) is 0 Å². The molecule has 0 aliphatic rings. The number of hydrogen-bond acceptors (Lipinski definition) is 6.